The fourth-order valence-corrected chi connectivity index (χ4v) is 0.777. The van der Waals surface area contributed by atoms with Gasteiger partial charge in [0.1, 0.15) is 0 Å². The molecule has 0 bridgehead atoms. The maximum Gasteiger partial charge on any atom is 0.272 e. The zero-order chi connectivity index (χ0) is 8.20. The normalized spacial score (nSPS) is 12.6. The van der Waals surface area contributed by atoms with Crippen LogP contribution in [0.1, 0.15) is 0 Å². The van der Waals surface area contributed by atoms with Crippen molar-refractivity contribution in [3.05, 3.63) is 0 Å². The van der Waals surface area contributed by atoms with Crippen LogP contribution in [0.5, 0.6) is 0 Å². The van der Waals surface area contributed by atoms with E-state index in [2.05, 4.69) is 5.32 Å². The molecule has 0 saturated heterocycles. The van der Waals surface area contributed by atoms with E-state index in [0.29, 0.717) is 0 Å². The Morgan fingerprint density at radius 3 is 2.20 bits per heavy atom. The van der Waals surface area contributed by atoms with Crippen LogP contribution in [0, 0.1) is 0 Å². The first-order chi connectivity index (χ1) is 4.48. The third kappa shape index (κ3) is 4.64. The Bertz CT molecular complexity index is 93.7. The maximum atomic E-state index is 12.6. The quantitative estimate of drug-likeness (QED) is 0.627. The van der Waals surface area contributed by atoms with Crippen molar-refractivity contribution in [2.45, 2.75) is 5.92 Å². The summed E-state index contributed by atoms with van der Waals surface area (Å²) < 4.78 is 25.1. The van der Waals surface area contributed by atoms with E-state index in [-0.39, 0.29) is 13.1 Å². The minimum absolute atomic E-state index is 0.201. The molecule has 0 spiro atoms. The number of alkyl halides is 2. The summed E-state index contributed by atoms with van der Waals surface area (Å²) in [7, 11) is 4.77. The smallest absolute Gasteiger partial charge is 0.272 e. The Morgan fingerprint density at radius 2 is 1.90 bits per heavy atom. The lowest BCUT2D eigenvalue weighted by Crippen LogP contribution is -2.39. The Morgan fingerprint density at radius 1 is 1.40 bits per heavy atom. The summed E-state index contributed by atoms with van der Waals surface area (Å²) >= 11 is 0. The monoisotopic (exact) mass is 152 g/mol. The van der Waals surface area contributed by atoms with Gasteiger partial charge in [-0.05, 0) is 21.1 Å². The van der Waals surface area contributed by atoms with Gasteiger partial charge in [0.15, 0.2) is 0 Å². The highest BCUT2D eigenvalue weighted by Crippen LogP contribution is 2.11. The minimum Gasteiger partial charge on any atom is -0.314 e. The molecule has 1 N–H and O–H groups in total. The van der Waals surface area contributed by atoms with Crippen LogP contribution < -0.4 is 5.32 Å². The average Bonchev–Trinajstić information content (AvgIpc) is 1.59. The van der Waals surface area contributed by atoms with Crippen molar-refractivity contribution in [2.75, 3.05) is 34.2 Å². The van der Waals surface area contributed by atoms with Gasteiger partial charge in [0.2, 0.25) is 0 Å². The highest BCUT2D eigenvalue weighted by molar-refractivity contribution is 4.70. The molecule has 0 aliphatic heterocycles. The summed E-state index contributed by atoms with van der Waals surface area (Å²) in [6, 6.07) is 0. The first kappa shape index (κ1) is 9.78. The van der Waals surface area contributed by atoms with Crippen molar-refractivity contribution in [3.8, 4) is 0 Å². The zero-order valence-electron chi connectivity index (χ0n) is 6.62. The fraction of sp³-hybridized carbons (Fsp3) is 1.00. The van der Waals surface area contributed by atoms with Gasteiger partial charge < -0.3 is 10.2 Å². The SMILES string of the molecule is CNCC(F)(F)CN(C)C. The molecule has 0 aromatic rings. The van der Waals surface area contributed by atoms with Crippen LogP contribution in [0.15, 0.2) is 0 Å². The second-order valence-corrected chi connectivity index (χ2v) is 2.62. The van der Waals surface area contributed by atoms with Gasteiger partial charge in [0.05, 0.1) is 13.1 Å². The van der Waals surface area contributed by atoms with Gasteiger partial charge in [-0.2, -0.15) is 0 Å². The maximum absolute atomic E-state index is 12.6. The standard InChI is InChI=1S/C6H14F2N2/c1-9-4-6(7,8)5-10(2)3/h9H,4-5H2,1-3H3. The molecule has 0 atom stereocenters. The number of rotatable bonds is 4. The second kappa shape index (κ2) is 3.83. The van der Waals surface area contributed by atoms with E-state index >= 15 is 0 Å². The third-order valence-electron chi connectivity index (χ3n) is 0.983. The van der Waals surface area contributed by atoms with E-state index in [0.717, 1.165) is 0 Å². The first-order valence-electron chi connectivity index (χ1n) is 3.15. The molecule has 0 saturated carbocycles. The molecule has 0 unspecified atom stereocenters. The first-order valence-corrected chi connectivity index (χ1v) is 3.15. The molecule has 0 radical (unpaired) electrons. The molecule has 0 aromatic heterocycles. The molecule has 62 valence electrons. The molecule has 4 heteroatoms. The van der Waals surface area contributed by atoms with Gasteiger partial charge in [-0.1, -0.05) is 0 Å². The molecule has 0 amide bonds. The van der Waals surface area contributed by atoms with Crippen LogP contribution >= 0.6 is 0 Å². The number of nitrogens with one attached hydrogen (secondary N) is 1. The Hall–Kier alpha value is -0.220. The van der Waals surface area contributed by atoms with Crippen LogP contribution in [0.25, 0.3) is 0 Å². The highest BCUT2D eigenvalue weighted by atomic mass is 19.3. The third-order valence-corrected chi connectivity index (χ3v) is 0.983. The molecule has 0 aliphatic carbocycles. The van der Waals surface area contributed by atoms with Crippen LogP contribution in [-0.2, 0) is 0 Å². The molecular formula is C6H14F2N2. The van der Waals surface area contributed by atoms with E-state index < -0.39 is 5.92 Å². The van der Waals surface area contributed by atoms with Crippen LogP contribution in [0.4, 0.5) is 8.78 Å². The number of nitrogens with zero attached hydrogens (tertiary/aromatic N) is 1. The van der Waals surface area contributed by atoms with Crippen LogP contribution in [0.3, 0.4) is 0 Å². The van der Waals surface area contributed by atoms with E-state index in [4.69, 9.17) is 0 Å². The van der Waals surface area contributed by atoms with Crippen molar-refractivity contribution in [2.24, 2.45) is 0 Å². The van der Waals surface area contributed by atoms with E-state index in [1.807, 2.05) is 0 Å². The van der Waals surface area contributed by atoms with Crippen molar-refractivity contribution in [3.63, 3.8) is 0 Å². The zero-order valence-corrected chi connectivity index (χ0v) is 6.62. The van der Waals surface area contributed by atoms with Gasteiger partial charge in [0.25, 0.3) is 5.92 Å². The molecule has 0 heterocycles. The lowest BCUT2D eigenvalue weighted by atomic mass is 10.3. The van der Waals surface area contributed by atoms with Crippen LogP contribution in [0.2, 0.25) is 0 Å². The summed E-state index contributed by atoms with van der Waals surface area (Å²) in [5, 5.41) is 2.44. The molecule has 0 fully saturated rings. The lowest BCUT2D eigenvalue weighted by Gasteiger charge is -2.19. The number of hydrogen-bond donors (Lipinski definition) is 1. The summed E-state index contributed by atoms with van der Waals surface area (Å²) in [4.78, 5) is 1.47. The predicted molar refractivity (Wildman–Crippen MR) is 37.4 cm³/mol. The van der Waals surface area contributed by atoms with Crippen molar-refractivity contribution in [1.29, 1.82) is 0 Å². The molecule has 2 nitrogen and oxygen atoms in total. The molecule has 0 rings (SSSR count). The van der Waals surface area contributed by atoms with Gasteiger partial charge in [-0.25, -0.2) is 8.78 Å². The van der Waals surface area contributed by atoms with E-state index in [1.54, 1.807) is 14.1 Å². The summed E-state index contributed by atoms with van der Waals surface area (Å²) in [6.07, 6.45) is 0. The van der Waals surface area contributed by atoms with Gasteiger partial charge in [0, 0.05) is 0 Å². The van der Waals surface area contributed by atoms with E-state index in [1.165, 1.54) is 11.9 Å². The number of hydrogen-bond acceptors (Lipinski definition) is 2. The van der Waals surface area contributed by atoms with E-state index in [9.17, 15) is 8.78 Å². The predicted octanol–water partition coefficient (Wildman–Crippen LogP) is 0.403. The summed E-state index contributed by atoms with van der Waals surface area (Å²) in [5.74, 6) is -2.61. The fourth-order valence-electron chi connectivity index (χ4n) is 0.777. The minimum atomic E-state index is -2.61. The summed E-state index contributed by atoms with van der Waals surface area (Å²) in [5.41, 5.74) is 0. The Labute approximate surface area is 60.2 Å². The Kier molecular flexibility index (Phi) is 3.75. The van der Waals surface area contributed by atoms with Crippen LogP contribution in [-0.4, -0.2) is 45.1 Å². The largest absolute Gasteiger partial charge is 0.314 e. The van der Waals surface area contributed by atoms with Gasteiger partial charge >= 0.3 is 0 Å². The lowest BCUT2D eigenvalue weighted by molar-refractivity contribution is -0.0181. The van der Waals surface area contributed by atoms with Crippen molar-refractivity contribution >= 4 is 0 Å². The number of halogens is 2. The highest BCUT2D eigenvalue weighted by Gasteiger charge is 2.27. The average molecular weight is 152 g/mol. The van der Waals surface area contributed by atoms with Gasteiger partial charge in [-0.15, -0.1) is 0 Å². The topological polar surface area (TPSA) is 15.3 Å². The second-order valence-electron chi connectivity index (χ2n) is 2.62. The molecule has 0 aromatic carbocycles. The Balaban J connectivity index is 3.63. The van der Waals surface area contributed by atoms with Crippen molar-refractivity contribution in [1.82, 2.24) is 10.2 Å². The summed E-state index contributed by atoms with van der Waals surface area (Å²) in [6.45, 7) is -0.459. The molecular weight excluding hydrogens is 138 g/mol. The molecule has 10 heavy (non-hydrogen) atoms. The van der Waals surface area contributed by atoms with Gasteiger partial charge in [-0.3, -0.25) is 0 Å². The molecule has 0 aliphatic rings. The van der Waals surface area contributed by atoms with Crippen molar-refractivity contribution < 1.29 is 8.78 Å².